The van der Waals surface area contributed by atoms with Crippen LogP contribution in [0.5, 0.6) is 5.75 Å². The van der Waals surface area contributed by atoms with Gasteiger partial charge in [-0.25, -0.2) is 4.98 Å². The van der Waals surface area contributed by atoms with Gasteiger partial charge in [-0.05, 0) is 91.7 Å². The third-order valence-electron chi connectivity index (χ3n) is 20.7. The number of carbonyl (C=O) groups excluding carboxylic acids is 14. The van der Waals surface area contributed by atoms with Gasteiger partial charge in [-0.1, -0.05) is 172 Å². The molecule has 1 aliphatic heterocycles. The molecule has 0 radical (unpaired) electrons. The lowest BCUT2D eigenvalue weighted by Crippen LogP contribution is -2.62. The van der Waals surface area contributed by atoms with Gasteiger partial charge in [-0.2, -0.15) is 0 Å². The Morgan fingerprint density at radius 1 is 0.465 bits per heavy atom. The molecule has 1 aromatic heterocycles. The van der Waals surface area contributed by atoms with Crippen molar-refractivity contribution in [1.82, 2.24) is 84.4 Å². The lowest BCUT2D eigenvalue weighted by molar-refractivity contribution is -0.142. The van der Waals surface area contributed by atoms with Crippen LogP contribution >= 0.6 is 11.8 Å². The SMILES string of the molecule is CCCCCCCCC[C@@H]1NC(=O)[C@H](Cc2ccc(-c3ccccc3)cc2)NC(=O)[C@H](CC(C)C)NC(=O)[C@H](C(C)C)NC(=O)[C@H](CCC(=O)O)NC(=O)[C@H](CC(=O)O)NC(=O)[C@H](Cc2c[nH]cn2)NC(=O)[C@H](Cc2ccc(O)cc2)NC(=O)[C@H](CCCCC)NC(=O)[C@H](CCCNC(=N)N)NC(=O)[C@H](C)NC(=O)CSC[C@@H](C(N)=O)NC(=O)[C@H](CC(=O)O)NC1=O. The summed E-state index contributed by atoms with van der Waals surface area (Å²) in [6.07, 6.45) is 3.83. The number of carboxylic acid groups (broad SMARTS) is 3. The van der Waals surface area contributed by atoms with Gasteiger partial charge in [0.15, 0.2) is 5.96 Å². The van der Waals surface area contributed by atoms with E-state index in [0.717, 1.165) is 48.6 Å². The summed E-state index contributed by atoms with van der Waals surface area (Å²) in [5, 5.41) is 84.0. The lowest BCUT2D eigenvalue weighted by atomic mass is 9.97. The van der Waals surface area contributed by atoms with Gasteiger partial charge in [0.1, 0.15) is 84.3 Å². The van der Waals surface area contributed by atoms with E-state index in [0.29, 0.717) is 49.7 Å². The molecule has 4 aromatic rings. The Labute approximate surface area is 741 Å². The number of nitrogens with two attached hydrogens (primary N) is 2. The minimum atomic E-state index is -2.14. The molecule has 0 spiro atoms. The Morgan fingerprint density at radius 2 is 0.874 bits per heavy atom. The Balaban J connectivity index is 1.66. The number of H-pyrrole nitrogens is 1. The van der Waals surface area contributed by atoms with Gasteiger partial charge in [0.2, 0.25) is 82.7 Å². The topological polar surface area (TPSA) is 644 Å². The van der Waals surface area contributed by atoms with E-state index in [2.05, 4.69) is 84.4 Å². The summed E-state index contributed by atoms with van der Waals surface area (Å²) >= 11 is 0.737. The highest BCUT2D eigenvalue weighted by atomic mass is 32.2. The number of phenolic OH excluding ortho intramolecular Hbond substituents is 1. The zero-order valence-corrected chi connectivity index (χ0v) is 73.6. The van der Waals surface area contributed by atoms with E-state index in [1.54, 1.807) is 38.1 Å². The van der Waals surface area contributed by atoms with Gasteiger partial charge in [0, 0.05) is 44.2 Å². The van der Waals surface area contributed by atoms with E-state index in [-0.39, 0.29) is 62.9 Å². The van der Waals surface area contributed by atoms with Gasteiger partial charge in [0.25, 0.3) is 0 Å². The molecule has 5 rings (SSSR count). The molecule has 0 saturated carbocycles. The molecular formula is C86H125N19O21S. The van der Waals surface area contributed by atoms with Gasteiger partial charge < -0.3 is 111 Å². The maximum Gasteiger partial charge on any atom is 0.305 e. The summed E-state index contributed by atoms with van der Waals surface area (Å²) in [5.41, 5.74) is 13.9. The summed E-state index contributed by atoms with van der Waals surface area (Å²) in [6, 6.07) is -0.200. The number of benzene rings is 3. The van der Waals surface area contributed by atoms with Crippen LogP contribution in [0.15, 0.2) is 91.4 Å². The van der Waals surface area contributed by atoms with E-state index in [4.69, 9.17) is 16.9 Å². The fraction of sp³-hybridized carbons (Fsp3) is 0.547. The van der Waals surface area contributed by atoms with E-state index in [1.807, 2.05) is 44.2 Å². The number of nitrogens with one attached hydrogen (secondary N) is 16. The van der Waals surface area contributed by atoms with E-state index >= 15 is 14.4 Å². The minimum absolute atomic E-state index is 0.00538. The number of imidazole rings is 1. The number of thioether (sulfide) groups is 1. The van der Waals surface area contributed by atoms with Crippen LogP contribution in [-0.2, 0) is 101 Å². The molecule has 14 amide bonds. The predicted octanol–water partition coefficient (Wildman–Crippen LogP) is 0.865. The highest BCUT2D eigenvalue weighted by Crippen LogP contribution is 2.22. The first-order valence-corrected chi connectivity index (χ1v) is 43.9. The number of aromatic nitrogens is 2. The van der Waals surface area contributed by atoms with Crippen LogP contribution in [-0.4, -0.2) is 234 Å². The average molecular weight is 1790 g/mol. The second kappa shape index (κ2) is 54.9. The normalized spacial score (nSPS) is 22.8. The maximum atomic E-state index is 15.2. The monoisotopic (exact) mass is 1790 g/mol. The molecule has 13 atom stereocenters. The summed E-state index contributed by atoms with van der Waals surface area (Å²) in [6.45, 7) is 11.6. The smallest absolute Gasteiger partial charge is 0.305 e. The summed E-state index contributed by atoms with van der Waals surface area (Å²) < 4.78 is 0. The molecule has 3 aromatic carbocycles. The fourth-order valence-electron chi connectivity index (χ4n) is 13.7. The van der Waals surface area contributed by atoms with Crippen molar-refractivity contribution in [2.75, 3.05) is 18.1 Å². The third kappa shape index (κ3) is 38.7. The fourth-order valence-corrected chi connectivity index (χ4v) is 14.5. The van der Waals surface area contributed by atoms with Crippen LogP contribution < -0.4 is 85.9 Å². The lowest BCUT2D eigenvalue weighted by Gasteiger charge is -2.30. The number of aromatic hydroxyl groups is 1. The number of primary amides is 1. The number of nitrogens with zero attached hydrogens (tertiary/aromatic N) is 1. The van der Waals surface area contributed by atoms with Crippen molar-refractivity contribution in [1.29, 1.82) is 5.41 Å². The summed E-state index contributed by atoms with van der Waals surface area (Å²) in [4.78, 5) is 249. The highest BCUT2D eigenvalue weighted by Gasteiger charge is 2.40. The van der Waals surface area contributed by atoms with Crippen LogP contribution in [0.3, 0.4) is 0 Å². The van der Waals surface area contributed by atoms with Crippen molar-refractivity contribution in [3.8, 4) is 16.9 Å². The molecule has 24 N–H and O–H groups in total. The first kappa shape index (κ1) is 105. The minimum Gasteiger partial charge on any atom is -0.508 e. The maximum absolute atomic E-state index is 15.2. The van der Waals surface area contributed by atoms with E-state index in [9.17, 15) is 87.5 Å². The Hall–Kier alpha value is -12.7. The van der Waals surface area contributed by atoms with E-state index < -0.39 is 241 Å². The van der Waals surface area contributed by atoms with Crippen LogP contribution in [0, 0.1) is 17.2 Å². The molecule has 1 fully saturated rings. The van der Waals surface area contributed by atoms with Gasteiger partial charge in [-0.3, -0.25) is 86.9 Å². The van der Waals surface area contributed by atoms with Gasteiger partial charge in [0.05, 0.1) is 30.6 Å². The molecule has 0 bridgehead atoms. The number of carboxylic acids is 3. The molecule has 1 saturated heterocycles. The van der Waals surface area contributed by atoms with Gasteiger partial charge >= 0.3 is 17.9 Å². The van der Waals surface area contributed by atoms with Crippen LogP contribution in [0.4, 0.5) is 0 Å². The number of aliphatic carboxylic acids is 3. The largest absolute Gasteiger partial charge is 0.508 e. The molecule has 0 unspecified atom stereocenters. The first-order chi connectivity index (χ1) is 60.3. The van der Waals surface area contributed by atoms with Gasteiger partial charge in [-0.15, -0.1) is 11.8 Å². The number of carbonyl (C=O) groups is 17. The number of hydrogen-bond acceptors (Lipinski definition) is 21. The molecule has 696 valence electrons. The van der Waals surface area contributed by atoms with Crippen LogP contribution in [0.2, 0.25) is 0 Å². The number of guanidine groups is 1. The summed E-state index contributed by atoms with van der Waals surface area (Å²) in [5.74, 6) is -22.6. The van der Waals surface area contributed by atoms with Crippen molar-refractivity contribution in [2.45, 2.75) is 268 Å². The third-order valence-corrected chi connectivity index (χ3v) is 21.7. The molecular weight excluding hydrogens is 1670 g/mol. The van der Waals surface area contributed by atoms with Crippen LogP contribution in [0.25, 0.3) is 11.1 Å². The number of rotatable bonds is 34. The highest BCUT2D eigenvalue weighted by molar-refractivity contribution is 8.00. The van der Waals surface area contributed by atoms with Crippen molar-refractivity contribution in [3.63, 3.8) is 0 Å². The van der Waals surface area contributed by atoms with Crippen molar-refractivity contribution >= 4 is 118 Å². The molecule has 40 nitrogen and oxygen atoms in total. The average Bonchev–Trinajstić information content (AvgIpc) is 1.21. The van der Waals surface area contributed by atoms with E-state index in [1.165, 1.54) is 57.6 Å². The molecule has 0 aliphatic carbocycles. The molecule has 41 heteroatoms. The molecule has 1 aliphatic rings. The van der Waals surface area contributed by atoms with Crippen molar-refractivity contribution < 1.29 is 102 Å². The van der Waals surface area contributed by atoms with Crippen molar-refractivity contribution in [2.24, 2.45) is 23.3 Å². The molecule has 2 heterocycles. The second-order valence-electron chi connectivity index (χ2n) is 32.2. The Bertz CT molecular complexity index is 4350. The number of aromatic amines is 1. The standard InChI is InChI=1S/C86H125N19O21S/c1-8-10-12-13-14-15-20-25-58-77(118)101-66(43-71(112)113)84(125)104-67(73(87)114)45-127-46-68(107)93-50(7)74(115)94-59(26-21-37-91-86(88)89)75(116)95-57(24-17-11-9-2)76(117)98-63(40-52-29-33-56(106)34-30-52)81(122)100-64(41-55-44-90-47-92-55)82(123)102-65(42-70(110)111)83(124)97-60(35-36-69(108)109)78(119)105-72(49(5)6)85(126)103-61(38-48(3)4)79(120)99-62(80(121)96-58)39-51-27-31-54(32-28-51)53-22-18-16-19-23-53/h16,18-19,22-23,27-34,44,47-50,57-67,72,106H,8-15,17,20-21,24-26,35-43,45-46H2,1-7H3,(H2,87,114)(H,90,92)(H,93,107)(H,94,115)(H,95,116)(H,96,121)(H,97,124)(H,98,117)(H,99,120)(H,100,122)(H,101,118)(H,102,123)(H,103,126)(H,104,125)(H,105,119)(H,108,109)(H,110,111)(H,112,113)(H4,88,89,91)/t50-,57-,58-,59-,60-,61-,62-,63-,64-,65-,66-,67-,72-/m0/s1. The summed E-state index contributed by atoms with van der Waals surface area (Å²) in [7, 11) is 0. The first-order valence-electron chi connectivity index (χ1n) is 42.8. The van der Waals surface area contributed by atoms with Crippen LogP contribution in [0.1, 0.15) is 187 Å². The predicted molar refractivity (Wildman–Crippen MR) is 469 cm³/mol. The quantitative estimate of drug-likeness (QED) is 0.0175. The Kier molecular flexibility index (Phi) is 45.3. The Morgan fingerprint density at radius 3 is 1.35 bits per heavy atom. The zero-order chi connectivity index (χ0) is 93.8. The number of unbranched alkanes of at least 4 members (excludes halogenated alkanes) is 8. The number of hydrogen-bond donors (Lipinski definition) is 22. The molecule has 127 heavy (non-hydrogen) atoms. The number of amides is 14. The second-order valence-corrected chi connectivity index (χ2v) is 33.2. The van der Waals surface area contributed by atoms with Crippen molar-refractivity contribution in [3.05, 3.63) is 108 Å². The zero-order valence-electron chi connectivity index (χ0n) is 72.7. The number of phenols is 1.